The standard InChI is InChI=1S/C10H8FNO/c1-7-2-3-8(11)6-9(7)10-12-4-5-13-10/h2-6H,1H3. The van der Waals surface area contributed by atoms with Crippen LogP contribution in [0.5, 0.6) is 0 Å². The minimum absolute atomic E-state index is 0.279. The minimum atomic E-state index is -0.279. The van der Waals surface area contributed by atoms with E-state index in [1.807, 2.05) is 6.92 Å². The predicted molar refractivity (Wildman–Crippen MR) is 46.6 cm³/mol. The van der Waals surface area contributed by atoms with Crippen LogP contribution in [0.25, 0.3) is 11.5 Å². The van der Waals surface area contributed by atoms with Crippen molar-refractivity contribution in [2.24, 2.45) is 0 Å². The van der Waals surface area contributed by atoms with Crippen molar-refractivity contribution in [2.75, 3.05) is 0 Å². The summed E-state index contributed by atoms with van der Waals surface area (Å²) in [6, 6.07) is 4.54. The molecule has 0 aliphatic rings. The second-order valence-corrected chi connectivity index (χ2v) is 2.80. The van der Waals surface area contributed by atoms with Gasteiger partial charge in [-0.2, -0.15) is 0 Å². The molecule has 0 aliphatic carbocycles. The van der Waals surface area contributed by atoms with Crippen LogP contribution >= 0.6 is 0 Å². The Kier molecular flexibility index (Phi) is 1.85. The highest BCUT2D eigenvalue weighted by Gasteiger charge is 2.06. The molecule has 0 bridgehead atoms. The number of oxazole rings is 1. The van der Waals surface area contributed by atoms with Gasteiger partial charge in [-0.3, -0.25) is 0 Å². The molecule has 0 N–H and O–H groups in total. The third kappa shape index (κ3) is 1.45. The number of nitrogens with zero attached hydrogens (tertiary/aromatic N) is 1. The summed E-state index contributed by atoms with van der Waals surface area (Å²) in [5.74, 6) is 0.177. The van der Waals surface area contributed by atoms with Gasteiger partial charge in [0, 0.05) is 5.56 Å². The molecule has 0 unspecified atom stereocenters. The molecular formula is C10H8FNO. The zero-order chi connectivity index (χ0) is 9.26. The van der Waals surface area contributed by atoms with Gasteiger partial charge in [-0.05, 0) is 24.6 Å². The van der Waals surface area contributed by atoms with Gasteiger partial charge in [0.05, 0.1) is 6.20 Å². The molecule has 0 spiro atoms. The van der Waals surface area contributed by atoms with E-state index in [-0.39, 0.29) is 5.82 Å². The van der Waals surface area contributed by atoms with Gasteiger partial charge in [-0.25, -0.2) is 9.37 Å². The van der Waals surface area contributed by atoms with Crippen molar-refractivity contribution in [2.45, 2.75) is 6.92 Å². The molecule has 1 aromatic heterocycles. The Labute approximate surface area is 75.0 Å². The molecule has 0 aliphatic heterocycles. The van der Waals surface area contributed by atoms with Crippen LogP contribution < -0.4 is 0 Å². The third-order valence-electron chi connectivity index (χ3n) is 1.86. The summed E-state index contributed by atoms with van der Waals surface area (Å²) in [5, 5.41) is 0. The lowest BCUT2D eigenvalue weighted by atomic mass is 10.1. The molecule has 0 amide bonds. The van der Waals surface area contributed by atoms with Gasteiger partial charge in [-0.15, -0.1) is 0 Å². The highest BCUT2D eigenvalue weighted by Crippen LogP contribution is 2.21. The van der Waals surface area contributed by atoms with E-state index in [9.17, 15) is 4.39 Å². The topological polar surface area (TPSA) is 26.0 Å². The van der Waals surface area contributed by atoms with E-state index in [2.05, 4.69) is 4.98 Å². The maximum Gasteiger partial charge on any atom is 0.226 e. The molecule has 66 valence electrons. The zero-order valence-electron chi connectivity index (χ0n) is 7.12. The summed E-state index contributed by atoms with van der Waals surface area (Å²) in [6.45, 7) is 1.89. The molecule has 0 saturated heterocycles. The van der Waals surface area contributed by atoms with Crippen molar-refractivity contribution in [3.05, 3.63) is 42.0 Å². The minimum Gasteiger partial charge on any atom is -0.445 e. The molecule has 13 heavy (non-hydrogen) atoms. The highest BCUT2D eigenvalue weighted by atomic mass is 19.1. The number of aromatic nitrogens is 1. The average Bonchev–Trinajstić information content (AvgIpc) is 2.61. The van der Waals surface area contributed by atoms with Gasteiger partial charge < -0.3 is 4.42 Å². The van der Waals surface area contributed by atoms with Gasteiger partial charge in [0.2, 0.25) is 5.89 Å². The monoisotopic (exact) mass is 177 g/mol. The first-order valence-electron chi connectivity index (χ1n) is 3.93. The molecule has 1 heterocycles. The maximum atomic E-state index is 12.9. The number of hydrogen-bond donors (Lipinski definition) is 0. The molecule has 0 radical (unpaired) electrons. The van der Waals surface area contributed by atoms with Crippen molar-refractivity contribution in [3.63, 3.8) is 0 Å². The highest BCUT2D eigenvalue weighted by molar-refractivity contribution is 5.57. The number of rotatable bonds is 1. The van der Waals surface area contributed by atoms with Crippen molar-refractivity contribution in [3.8, 4) is 11.5 Å². The average molecular weight is 177 g/mol. The van der Waals surface area contributed by atoms with Crippen LogP contribution in [-0.4, -0.2) is 4.98 Å². The van der Waals surface area contributed by atoms with E-state index in [1.54, 1.807) is 12.3 Å². The third-order valence-corrected chi connectivity index (χ3v) is 1.86. The van der Waals surface area contributed by atoms with Crippen LogP contribution in [0, 0.1) is 12.7 Å². The lowest BCUT2D eigenvalue weighted by Gasteiger charge is -2.00. The fraction of sp³-hybridized carbons (Fsp3) is 0.100. The van der Waals surface area contributed by atoms with Gasteiger partial charge in [-0.1, -0.05) is 6.07 Å². The smallest absolute Gasteiger partial charge is 0.226 e. The Morgan fingerprint density at radius 2 is 2.23 bits per heavy atom. The quantitative estimate of drug-likeness (QED) is 0.669. The van der Waals surface area contributed by atoms with E-state index < -0.39 is 0 Å². The van der Waals surface area contributed by atoms with Crippen LogP contribution in [0.4, 0.5) is 4.39 Å². The van der Waals surface area contributed by atoms with Crippen LogP contribution in [0.1, 0.15) is 5.56 Å². The first kappa shape index (κ1) is 7.98. The predicted octanol–water partition coefficient (Wildman–Crippen LogP) is 2.79. The Bertz CT molecular complexity index is 409. The second kappa shape index (κ2) is 3.01. The Morgan fingerprint density at radius 3 is 2.92 bits per heavy atom. The van der Waals surface area contributed by atoms with Crippen LogP contribution in [0.2, 0.25) is 0 Å². The molecule has 1 aromatic carbocycles. The van der Waals surface area contributed by atoms with E-state index >= 15 is 0 Å². The van der Waals surface area contributed by atoms with Crippen molar-refractivity contribution < 1.29 is 8.81 Å². The fourth-order valence-corrected chi connectivity index (χ4v) is 1.18. The Hall–Kier alpha value is -1.64. The number of benzene rings is 1. The van der Waals surface area contributed by atoms with Crippen LogP contribution in [0.3, 0.4) is 0 Å². The zero-order valence-corrected chi connectivity index (χ0v) is 7.12. The molecular weight excluding hydrogens is 169 g/mol. The first-order chi connectivity index (χ1) is 6.27. The summed E-state index contributed by atoms with van der Waals surface area (Å²) in [4.78, 5) is 3.96. The van der Waals surface area contributed by atoms with Gasteiger partial charge in [0.1, 0.15) is 12.1 Å². The summed E-state index contributed by atoms with van der Waals surface area (Å²) in [7, 11) is 0. The number of aryl methyl sites for hydroxylation is 1. The lowest BCUT2D eigenvalue weighted by molar-refractivity contribution is 0.572. The SMILES string of the molecule is Cc1ccc(F)cc1-c1ncco1. The largest absolute Gasteiger partial charge is 0.445 e. The lowest BCUT2D eigenvalue weighted by Crippen LogP contribution is -1.84. The molecule has 3 heteroatoms. The summed E-state index contributed by atoms with van der Waals surface area (Å²) in [6.07, 6.45) is 3.01. The van der Waals surface area contributed by atoms with E-state index in [0.29, 0.717) is 11.5 Å². The molecule has 0 atom stereocenters. The maximum absolute atomic E-state index is 12.9. The van der Waals surface area contributed by atoms with Crippen LogP contribution in [-0.2, 0) is 0 Å². The summed E-state index contributed by atoms with van der Waals surface area (Å²) < 4.78 is 17.9. The molecule has 0 saturated carbocycles. The normalized spacial score (nSPS) is 10.3. The van der Waals surface area contributed by atoms with E-state index in [0.717, 1.165) is 5.56 Å². The molecule has 0 fully saturated rings. The molecule has 2 aromatic rings. The van der Waals surface area contributed by atoms with Crippen molar-refractivity contribution in [1.29, 1.82) is 0 Å². The number of halogens is 1. The second-order valence-electron chi connectivity index (χ2n) is 2.80. The Balaban J connectivity index is 2.57. The molecule has 2 rings (SSSR count). The van der Waals surface area contributed by atoms with Crippen molar-refractivity contribution >= 4 is 0 Å². The first-order valence-corrected chi connectivity index (χ1v) is 3.93. The van der Waals surface area contributed by atoms with E-state index in [4.69, 9.17) is 4.42 Å². The van der Waals surface area contributed by atoms with Gasteiger partial charge >= 0.3 is 0 Å². The number of hydrogen-bond acceptors (Lipinski definition) is 2. The van der Waals surface area contributed by atoms with E-state index in [1.165, 1.54) is 18.4 Å². The fourth-order valence-electron chi connectivity index (χ4n) is 1.18. The van der Waals surface area contributed by atoms with Crippen molar-refractivity contribution in [1.82, 2.24) is 4.98 Å². The van der Waals surface area contributed by atoms with Gasteiger partial charge in [0.25, 0.3) is 0 Å². The molecule has 2 nitrogen and oxygen atoms in total. The Morgan fingerprint density at radius 1 is 1.38 bits per heavy atom. The van der Waals surface area contributed by atoms with Gasteiger partial charge in [0.15, 0.2) is 0 Å². The summed E-state index contributed by atoms with van der Waals surface area (Å²) >= 11 is 0. The van der Waals surface area contributed by atoms with Crippen LogP contribution in [0.15, 0.2) is 35.1 Å². The summed E-state index contributed by atoms with van der Waals surface area (Å²) in [5.41, 5.74) is 1.65.